The van der Waals surface area contributed by atoms with Gasteiger partial charge < -0.3 is 9.80 Å². The van der Waals surface area contributed by atoms with Crippen molar-refractivity contribution in [2.24, 2.45) is 11.8 Å². The van der Waals surface area contributed by atoms with E-state index in [9.17, 15) is 0 Å². The van der Waals surface area contributed by atoms with Gasteiger partial charge in [-0.05, 0) is 115 Å². The molecule has 312 valence electrons. The molecule has 0 amide bonds. The van der Waals surface area contributed by atoms with E-state index in [4.69, 9.17) is 0 Å². The predicted octanol–water partition coefficient (Wildman–Crippen LogP) is 14.7. The highest BCUT2D eigenvalue weighted by atomic mass is 15.2. The van der Waals surface area contributed by atoms with Gasteiger partial charge in [0.1, 0.15) is 0 Å². The van der Waals surface area contributed by atoms with Crippen LogP contribution in [0, 0.1) is 11.8 Å². The molecular formula is C61H58N2. The van der Waals surface area contributed by atoms with E-state index in [1.165, 1.54) is 69.7 Å². The summed E-state index contributed by atoms with van der Waals surface area (Å²) in [4.78, 5) is 5.49. The molecule has 63 heavy (non-hydrogen) atoms. The number of rotatable bonds is 8. The van der Waals surface area contributed by atoms with E-state index in [2.05, 4.69) is 222 Å². The van der Waals surface area contributed by atoms with E-state index in [0.717, 1.165) is 25.7 Å². The molecule has 0 saturated heterocycles. The van der Waals surface area contributed by atoms with Gasteiger partial charge in [-0.1, -0.05) is 182 Å². The molecule has 0 saturated carbocycles. The lowest BCUT2D eigenvalue weighted by Crippen LogP contribution is -2.46. The average Bonchev–Trinajstić information content (AvgIpc) is 3.83. The molecule has 10 unspecified atom stereocenters. The van der Waals surface area contributed by atoms with Crippen LogP contribution in [-0.4, -0.2) is 18.1 Å². The number of anilines is 3. The van der Waals surface area contributed by atoms with Crippen LogP contribution in [0.2, 0.25) is 0 Å². The molecule has 0 radical (unpaired) electrons. The highest BCUT2D eigenvalue weighted by Gasteiger charge is 2.62. The molecule has 10 atom stereocenters. The number of hydrogen-bond acceptors (Lipinski definition) is 2. The summed E-state index contributed by atoms with van der Waals surface area (Å²) in [5, 5.41) is 0. The average molecular weight is 819 g/mol. The molecule has 2 nitrogen and oxygen atoms in total. The molecular weight excluding hydrogens is 761 g/mol. The largest absolute Gasteiger partial charge is 0.357 e. The minimum atomic E-state index is -0.240. The monoisotopic (exact) mass is 818 g/mol. The van der Waals surface area contributed by atoms with E-state index in [-0.39, 0.29) is 35.3 Å². The second kappa shape index (κ2) is 16.2. The summed E-state index contributed by atoms with van der Waals surface area (Å²) in [5.41, 5.74) is 12.6. The number of benzene rings is 4. The molecule has 1 spiro atoms. The van der Waals surface area contributed by atoms with Gasteiger partial charge in [0.15, 0.2) is 0 Å². The van der Waals surface area contributed by atoms with Gasteiger partial charge in [-0.25, -0.2) is 0 Å². The Kier molecular flexibility index (Phi) is 9.92. The molecule has 0 N–H and O–H groups in total. The van der Waals surface area contributed by atoms with E-state index < -0.39 is 0 Å². The number of nitrogens with zero attached hydrogens (tertiary/aromatic N) is 2. The van der Waals surface area contributed by atoms with E-state index in [1.807, 2.05) is 0 Å². The summed E-state index contributed by atoms with van der Waals surface area (Å²) >= 11 is 0. The fraction of sp³-hybridized carbons (Fsp3) is 0.279. The van der Waals surface area contributed by atoms with Crippen molar-refractivity contribution in [2.45, 2.75) is 92.2 Å². The van der Waals surface area contributed by atoms with Gasteiger partial charge in [-0.2, -0.15) is 0 Å². The Morgan fingerprint density at radius 2 is 1.24 bits per heavy atom. The van der Waals surface area contributed by atoms with Gasteiger partial charge in [-0.15, -0.1) is 0 Å². The van der Waals surface area contributed by atoms with Gasteiger partial charge in [-0.3, -0.25) is 0 Å². The molecule has 4 aromatic carbocycles. The summed E-state index contributed by atoms with van der Waals surface area (Å²) in [6, 6.07) is 36.6. The summed E-state index contributed by atoms with van der Waals surface area (Å²) in [5.74, 6) is 2.02. The van der Waals surface area contributed by atoms with Crippen LogP contribution >= 0.6 is 0 Å². The van der Waals surface area contributed by atoms with Crippen molar-refractivity contribution in [3.63, 3.8) is 0 Å². The Balaban J connectivity index is 1.04. The van der Waals surface area contributed by atoms with Crippen LogP contribution in [0.15, 0.2) is 213 Å². The normalized spacial score (nSPS) is 31.3. The Labute approximate surface area is 375 Å². The smallest absolute Gasteiger partial charge is 0.0585 e. The van der Waals surface area contributed by atoms with Crippen LogP contribution in [0.4, 0.5) is 17.1 Å². The van der Waals surface area contributed by atoms with E-state index >= 15 is 0 Å². The van der Waals surface area contributed by atoms with Crippen molar-refractivity contribution in [1.82, 2.24) is 0 Å². The van der Waals surface area contributed by atoms with Crippen molar-refractivity contribution >= 4 is 17.1 Å². The fourth-order valence-corrected chi connectivity index (χ4v) is 13.3. The van der Waals surface area contributed by atoms with Gasteiger partial charge in [0, 0.05) is 58.1 Å². The van der Waals surface area contributed by atoms with Gasteiger partial charge in [0.2, 0.25) is 0 Å². The lowest BCUT2D eigenvalue weighted by Gasteiger charge is -2.44. The quantitative estimate of drug-likeness (QED) is 0.163. The van der Waals surface area contributed by atoms with Crippen molar-refractivity contribution in [3.8, 4) is 0 Å². The summed E-state index contributed by atoms with van der Waals surface area (Å²) in [7, 11) is 0. The Morgan fingerprint density at radius 3 is 2.02 bits per heavy atom. The summed E-state index contributed by atoms with van der Waals surface area (Å²) < 4.78 is 0. The van der Waals surface area contributed by atoms with Crippen molar-refractivity contribution in [1.29, 1.82) is 0 Å². The van der Waals surface area contributed by atoms with E-state index in [0.29, 0.717) is 23.8 Å². The first-order chi connectivity index (χ1) is 31.3. The van der Waals surface area contributed by atoms with Crippen molar-refractivity contribution in [2.75, 3.05) is 9.80 Å². The molecule has 2 heteroatoms. The molecule has 0 aliphatic heterocycles. The highest BCUT2D eigenvalue weighted by Crippen LogP contribution is 2.69. The fourth-order valence-electron chi connectivity index (χ4n) is 13.3. The minimum absolute atomic E-state index is 0.189. The van der Waals surface area contributed by atoms with Gasteiger partial charge in [0.25, 0.3) is 0 Å². The topological polar surface area (TPSA) is 6.48 Å². The third-order valence-electron chi connectivity index (χ3n) is 16.0. The van der Waals surface area contributed by atoms with E-state index in [1.54, 1.807) is 0 Å². The molecule has 0 aromatic heterocycles. The maximum Gasteiger partial charge on any atom is 0.0585 e. The zero-order chi connectivity index (χ0) is 41.7. The van der Waals surface area contributed by atoms with Crippen LogP contribution in [0.25, 0.3) is 0 Å². The predicted molar refractivity (Wildman–Crippen MR) is 264 cm³/mol. The zero-order valence-electron chi connectivity index (χ0n) is 36.2. The molecule has 4 aromatic rings. The molecule has 0 fully saturated rings. The Morgan fingerprint density at radius 1 is 0.476 bits per heavy atom. The number of hydrogen-bond donors (Lipinski definition) is 0. The first kappa shape index (κ1) is 38.5. The second-order valence-electron chi connectivity index (χ2n) is 19.1. The minimum Gasteiger partial charge on any atom is -0.357 e. The second-order valence-corrected chi connectivity index (χ2v) is 19.1. The van der Waals surface area contributed by atoms with Crippen LogP contribution in [0.3, 0.4) is 0 Å². The molecule has 8 aliphatic rings. The van der Waals surface area contributed by atoms with Crippen LogP contribution in [0.5, 0.6) is 0 Å². The molecule has 8 aliphatic carbocycles. The summed E-state index contributed by atoms with van der Waals surface area (Å²) in [6.45, 7) is 0. The Hall–Kier alpha value is -6.12. The Bertz CT molecular complexity index is 2680. The zero-order valence-corrected chi connectivity index (χ0v) is 36.2. The van der Waals surface area contributed by atoms with Gasteiger partial charge in [0.05, 0.1) is 12.1 Å². The maximum atomic E-state index is 2.85. The third-order valence-corrected chi connectivity index (χ3v) is 16.0. The van der Waals surface area contributed by atoms with Gasteiger partial charge >= 0.3 is 0 Å². The van der Waals surface area contributed by atoms with Crippen molar-refractivity contribution in [3.05, 3.63) is 246 Å². The molecule has 12 rings (SSSR count). The summed E-state index contributed by atoms with van der Waals surface area (Å²) in [6.07, 6.45) is 56.0. The first-order valence-corrected chi connectivity index (χ1v) is 24.0. The maximum absolute atomic E-state index is 2.85. The third kappa shape index (κ3) is 6.35. The molecule has 0 heterocycles. The standard InChI is InChI=1S/C61H58N2/c1-5-20-43(21-6-1)44-36-38-48(39-37-44)62(46-24-9-3-10-25-46)49-40-41-52-51-29-13-16-31-54(51)61(57(52)42-49)55-32-17-14-30-53(55)60-56(61)33-19-35-59(60)63(47-26-11-4-12-27-47)58-34-18-15-28-50(58)45-22-7-2-8-23-45/h1-3,5,7-11,13-19,22-24,26,28-43,46-47,50-51,53-55,58H,4,6,12,20-21,25,27H2. The number of allylic oxidation sites excluding steroid dienone is 15. The van der Waals surface area contributed by atoms with Crippen LogP contribution < -0.4 is 9.80 Å². The molecule has 0 bridgehead atoms. The first-order valence-electron chi connectivity index (χ1n) is 24.0. The van der Waals surface area contributed by atoms with Crippen LogP contribution in [0.1, 0.15) is 102 Å². The SMILES string of the molecule is C1=CCC(N(c2ccc(C3CC=CCC3)cc2)c2ccc3c(c2)C2(c4cccc(N(C5C=CCCC5)C5C=CC=CC5c5ccccc5)c4C4C=CC=CC42)C2C=CC=CC32)C=C1. The lowest BCUT2D eigenvalue weighted by atomic mass is 9.61. The lowest BCUT2D eigenvalue weighted by molar-refractivity contribution is 0.312. The highest BCUT2D eigenvalue weighted by molar-refractivity contribution is 5.76. The van der Waals surface area contributed by atoms with Crippen LogP contribution in [-0.2, 0) is 5.41 Å². The number of fused-ring (bicyclic) bond motifs is 10. The van der Waals surface area contributed by atoms with Crippen molar-refractivity contribution < 1.29 is 0 Å².